The molecule has 4 heteroatoms. The van der Waals surface area contributed by atoms with Crippen molar-refractivity contribution in [2.75, 3.05) is 5.32 Å². The molecule has 2 aromatic rings. The summed E-state index contributed by atoms with van der Waals surface area (Å²) in [5.74, 6) is -0.0239. The van der Waals surface area contributed by atoms with E-state index in [0.717, 1.165) is 16.1 Å². The highest BCUT2D eigenvalue weighted by molar-refractivity contribution is 7.10. The van der Waals surface area contributed by atoms with Gasteiger partial charge in [-0.25, -0.2) is 0 Å². The van der Waals surface area contributed by atoms with Gasteiger partial charge >= 0.3 is 0 Å². The molecule has 1 aromatic heterocycles. The number of benzene rings is 1. The van der Waals surface area contributed by atoms with Gasteiger partial charge in [-0.15, -0.1) is 11.3 Å². The van der Waals surface area contributed by atoms with E-state index in [9.17, 15) is 4.79 Å². The first-order chi connectivity index (χ1) is 8.28. The standard InChI is InChI=1S/C13H13NO2S/c15-9-10-3-5-11(6-4-10)14-13(16)8-12-2-1-7-17-12/h1-7,15H,8-9H2,(H,14,16). The molecular weight excluding hydrogens is 234 g/mol. The summed E-state index contributed by atoms with van der Waals surface area (Å²) in [6.07, 6.45) is 0.402. The molecular formula is C13H13NO2S. The Kier molecular flexibility index (Phi) is 3.90. The van der Waals surface area contributed by atoms with Gasteiger partial charge in [-0.05, 0) is 29.1 Å². The van der Waals surface area contributed by atoms with Gasteiger partial charge in [-0.3, -0.25) is 4.79 Å². The van der Waals surface area contributed by atoms with Gasteiger partial charge in [0.1, 0.15) is 0 Å². The minimum Gasteiger partial charge on any atom is -0.392 e. The van der Waals surface area contributed by atoms with Crippen LogP contribution in [0.25, 0.3) is 0 Å². The zero-order valence-electron chi connectivity index (χ0n) is 9.22. The lowest BCUT2D eigenvalue weighted by atomic mass is 10.2. The van der Waals surface area contributed by atoms with E-state index in [-0.39, 0.29) is 12.5 Å². The molecule has 2 N–H and O–H groups in total. The van der Waals surface area contributed by atoms with Crippen LogP contribution in [0, 0.1) is 0 Å². The van der Waals surface area contributed by atoms with Gasteiger partial charge in [0.05, 0.1) is 13.0 Å². The Morgan fingerprint density at radius 2 is 2.00 bits per heavy atom. The number of hydrogen-bond acceptors (Lipinski definition) is 3. The third-order valence-corrected chi connectivity index (χ3v) is 3.21. The van der Waals surface area contributed by atoms with Crippen molar-refractivity contribution >= 4 is 22.9 Å². The third kappa shape index (κ3) is 3.41. The van der Waals surface area contributed by atoms with Crippen molar-refractivity contribution in [3.05, 3.63) is 52.2 Å². The quantitative estimate of drug-likeness (QED) is 0.871. The number of nitrogens with one attached hydrogen (secondary N) is 1. The third-order valence-electron chi connectivity index (χ3n) is 2.34. The Balaban J connectivity index is 1.93. The number of thiophene rings is 1. The Morgan fingerprint density at radius 1 is 1.24 bits per heavy atom. The summed E-state index contributed by atoms with van der Waals surface area (Å²) in [7, 11) is 0. The van der Waals surface area contributed by atoms with E-state index >= 15 is 0 Å². The average molecular weight is 247 g/mol. The van der Waals surface area contributed by atoms with Crippen molar-refractivity contribution in [3.8, 4) is 0 Å². The van der Waals surface area contributed by atoms with Crippen LogP contribution in [0.5, 0.6) is 0 Å². The molecule has 0 atom stereocenters. The van der Waals surface area contributed by atoms with E-state index in [2.05, 4.69) is 5.32 Å². The lowest BCUT2D eigenvalue weighted by Gasteiger charge is -2.04. The maximum Gasteiger partial charge on any atom is 0.229 e. The largest absolute Gasteiger partial charge is 0.392 e. The Hall–Kier alpha value is -1.65. The van der Waals surface area contributed by atoms with Crippen LogP contribution in [0.2, 0.25) is 0 Å². The summed E-state index contributed by atoms with van der Waals surface area (Å²) in [5.41, 5.74) is 1.59. The Labute approximate surface area is 104 Å². The van der Waals surface area contributed by atoms with Crippen LogP contribution >= 0.6 is 11.3 Å². The smallest absolute Gasteiger partial charge is 0.229 e. The summed E-state index contributed by atoms with van der Waals surface area (Å²) in [5, 5.41) is 13.7. The first-order valence-corrected chi connectivity index (χ1v) is 6.18. The maximum absolute atomic E-state index is 11.7. The second-order valence-electron chi connectivity index (χ2n) is 3.66. The number of carbonyl (C=O) groups is 1. The summed E-state index contributed by atoms with van der Waals surface area (Å²) in [6, 6.07) is 11.0. The van der Waals surface area contributed by atoms with E-state index in [1.807, 2.05) is 17.5 Å². The van der Waals surface area contributed by atoms with Crippen molar-refractivity contribution in [3.63, 3.8) is 0 Å². The number of aliphatic hydroxyl groups excluding tert-OH is 1. The molecule has 0 aliphatic carbocycles. The van der Waals surface area contributed by atoms with Crippen molar-refractivity contribution in [2.45, 2.75) is 13.0 Å². The van der Waals surface area contributed by atoms with Crippen LogP contribution in [0.1, 0.15) is 10.4 Å². The molecule has 0 aliphatic rings. The van der Waals surface area contributed by atoms with Crippen molar-refractivity contribution in [1.82, 2.24) is 0 Å². The molecule has 0 fully saturated rings. The molecule has 1 aromatic carbocycles. The summed E-state index contributed by atoms with van der Waals surface area (Å²) in [6.45, 7) is 0.0173. The molecule has 3 nitrogen and oxygen atoms in total. The first kappa shape index (κ1) is 11.8. The predicted octanol–water partition coefficient (Wildman–Crippen LogP) is 2.42. The van der Waals surface area contributed by atoms with Crippen LogP contribution < -0.4 is 5.32 Å². The lowest BCUT2D eigenvalue weighted by molar-refractivity contribution is -0.115. The van der Waals surface area contributed by atoms with Crippen LogP contribution in [0.3, 0.4) is 0 Å². The van der Waals surface area contributed by atoms with E-state index in [1.165, 1.54) is 0 Å². The van der Waals surface area contributed by atoms with Crippen molar-refractivity contribution in [1.29, 1.82) is 0 Å². The topological polar surface area (TPSA) is 49.3 Å². The zero-order chi connectivity index (χ0) is 12.1. The van der Waals surface area contributed by atoms with Gasteiger partial charge in [0, 0.05) is 10.6 Å². The SMILES string of the molecule is O=C(Cc1cccs1)Nc1ccc(CO)cc1. The normalized spacial score (nSPS) is 10.2. The molecule has 0 radical (unpaired) electrons. The number of anilines is 1. The van der Waals surface area contributed by atoms with E-state index in [4.69, 9.17) is 5.11 Å². The highest BCUT2D eigenvalue weighted by Crippen LogP contribution is 2.12. The summed E-state index contributed by atoms with van der Waals surface area (Å²) >= 11 is 1.57. The predicted molar refractivity (Wildman–Crippen MR) is 69.0 cm³/mol. The molecule has 0 spiro atoms. The minimum atomic E-state index is -0.0239. The molecule has 0 bridgehead atoms. The monoisotopic (exact) mass is 247 g/mol. The fourth-order valence-electron chi connectivity index (χ4n) is 1.47. The highest BCUT2D eigenvalue weighted by Gasteiger charge is 2.04. The summed E-state index contributed by atoms with van der Waals surface area (Å²) < 4.78 is 0. The van der Waals surface area contributed by atoms with Crippen molar-refractivity contribution < 1.29 is 9.90 Å². The van der Waals surface area contributed by atoms with Crippen LogP contribution in [-0.2, 0) is 17.8 Å². The Bertz CT molecular complexity index is 477. The molecule has 1 amide bonds. The fraction of sp³-hybridized carbons (Fsp3) is 0.154. The van der Waals surface area contributed by atoms with Crippen LogP contribution in [-0.4, -0.2) is 11.0 Å². The lowest BCUT2D eigenvalue weighted by Crippen LogP contribution is -2.13. The second kappa shape index (κ2) is 5.61. The van der Waals surface area contributed by atoms with E-state index in [0.29, 0.717) is 6.42 Å². The second-order valence-corrected chi connectivity index (χ2v) is 4.69. The van der Waals surface area contributed by atoms with Gasteiger partial charge in [-0.1, -0.05) is 18.2 Å². The number of hydrogen-bond donors (Lipinski definition) is 2. The molecule has 17 heavy (non-hydrogen) atoms. The summed E-state index contributed by atoms with van der Waals surface area (Å²) in [4.78, 5) is 12.7. The molecule has 0 saturated heterocycles. The van der Waals surface area contributed by atoms with Gasteiger partial charge in [-0.2, -0.15) is 0 Å². The van der Waals surface area contributed by atoms with Gasteiger partial charge in [0.25, 0.3) is 0 Å². The molecule has 88 valence electrons. The molecule has 1 heterocycles. The van der Waals surface area contributed by atoms with Crippen LogP contribution in [0.15, 0.2) is 41.8 Å². The number of amides is 1. The van der Waals surface area contributed by atoms with Gasteiger partial charge in [0.2, 0.25) is 5.91 Å². The number of carbonyl (C=O) groups excluding carboxylic acids is 1. The molecule has 0 unspecified atom stereocenters. The highest BCUT2D eigenvalue weighted by atomic mass is 32.1. The maximum atomic E-state index is 11.7. The van der Waals surface area contributed by atoms with E-state index < -0.39 is 0 Å². The molecule has 0 saturated carbocycles. The first-order valence-electron chi connectivity index (χ1n) is 5.30. The zero-order valence-corrected chi connectivity index (χ0v) is 10.0. The van der Waals surface area contributed by atoms with Crippen molar-refractivity contribution in [2.24, 2.45) is 0 Å². The van der Waals surface area contributed by atoms with Crippen LogP contribution in [0.4, 0.5) is 5.69 Å². The van der Waals surface area contributed by atoms with Gasteiger partial charge < -0.3 is 10.4 Å². The number of aliphatic hydroxyl groups is 1. The number of rotatable bonds is 4. The minimum absolute atomic E-state index is 0.0173. The average Bonchev–Trinajstić information content (AvgIpc) is 2.82. The molecule has 0 aliphatic heterocycles. The van der Waals surface area contributed by atoms with Gasteiger partial charge in [0.15, 0.2) is 0 Å². The van der Waals surface area contributed by atoms with E-state index in [1.54, 1.807) is 35.6 Å². The molecule has 2 rings (SSSR count). The Morgan fingerprint density at radius 3 is 2.59 bits per heavy atom. The fourth-order valence-corrected chi connectivity index (χ4v) is 2.17.